The molecule has 3 atom stereocenters. The Morgan fingerprint density at radius 1 is 0.900 bits per heavy atom. The molecule has 4 rings (SSSR count). The molecule has 0 aliphatic heterocycles. The smallest absolute Gasteiger partial charge is 0.407 e. The number of rotatable bonds is 18. The van der Waals surface area contributed by atoms with E-state index in [1.165, 1.54) is 84.2 Å². The number of aliphatic hydroxyl groups excluding tert-OH is 1. The highest BCUT2D eigenvalue weighted by Crippen LogP contribution is 2.36. The molecule has 5 N–H and O–H groups in total. The molecule has 10 nitrogen and oxygen atoms in total. The number of benzene rings is 3. The molecule has 1 aliphatic carbocycles. The molecular formula is C37H48F2N4O6S. The minimum absolute atomic E-state index is 0.0954. The van der Waals surface area contributed by atoms with Crippen molar-refractivity contribution in [1.82, 2.24) is 14.9 Å². The molecule has 0 bridgehead atoms. The van der Waals surface area contributed by atoms with Gasteiger partial charge >= 0.3 is 6.09 Å². The van der Waals surface area contributed by atoms with Gasteiger partial charge in [0.25, 0.3) is 0 Å². The van der Waals surface area contributed by atoms with Crippen molar-refractivity contribution in [2.75, 3.05) is 26.0 Å². The number of nitrogens with zero attached hydrogens (tertiary/aromatic N) is 1. The third-order valence-electron chi connectivity index (χ3n) is 9.14. The first kappa shape index (κ1) is 38.7. The van der Waals surface area contributed by atoms with Gasteiger partial charge in [-0.2, -0.15) is 4.31 Å². The summed E-state index contributed by atoms with van der Waals surface area (Å²) in [5.74, 6) is -1.87. The van der Waals surface area contributed by atoms with Crippen LogP contribution in [0.2, 0.25) is 0 Å². The zero-order valence-corrected chi connectivity index (χ0v) is 29.5. The maximum Gasteiger partial charge on any atom is 0.407 e. The summed E-state index contributed by atoms with van der Waals surface area (Å²) in [5.41, 5.74) is 7.27. The lowest BCUT2D eigenvalue weighted by molar-refractivity contribution is -0.124. The first-order chi connectivity index (χ1) is 23.8. The van der Waals surface area contributed by atoms with Crippen LogP contribution in [0.15, 0.2) is 77.7 Å². The molecule has 3 aromatic rings. The molecule has 1 fully saturated rings. The van der Waals surface area contributed by atoms with E-state index in [2.05, 4.69) is 10.6 Å². The van der Waals surface area contributed by atoms with Gasteiger partial charge in [0.15, 0.2) is 0 Å². The molecule has 0 heterocycles. The van der Waals surface area contributed by atoms with Gasteiger partial charge in [0.1, 0.15) is 17.7 Å². The largest absolute Gasteiger partial charge is 0.453 e. The normalized spacial score (nSPS) is 15.1. The lowest BCUT2D eigenvalue weighted by Crippen LogP contribution is -2.53. The Balaban J connectivity index is 1.55. The first-order valence-corrected chi connectivity index (χ1v) is 18.4. The number of hydrogen-bond donors (Lipinski definition) is 4. The van der Waals surface area contributed by atoms with Crippen LogP contribution >= 0.6 is 0 Å². The van der Waals surface area contributed by atoms with Crippen LogP contribution in [0.5, 0.6) is 0 Å². The summed E-state index contributed by atoms with van der Waals surface area (Å²) in [6.07, 6.45) is 2.86. The van der Waals surface area contributed by atoms with E-state index in [1.807, 2.05) is 13.8 Å². The van der Waals surface area contributed by atoms with E-state index in [0.29, 0.717) is 42.5 Å². The van der Waals surface area contributed by atoms with Crippen molar-refractivity contribution in [3.63, 3.8) is 0 Å². The minimum atomic E-state index is -3.94. The summed E-state index contributed by atoms with van der Waals surface area (Å²) in [6.45, 7) is 3.86. The van der Waals surface area contributed by atoms with E-state index in [0.717, 1.165) is 12.8 Å². The maximum atomic E-state index is 14.1. The van der Waals surface area contributed by atoms with Crippen molar-refractivity contribution in [1.29, 1.82) is 0 Å². The van der Waals surface area contributed by atoms with Crippen molar-refractivity contribution in [2.24, 2.45) is 11.8 Å². The topological polar surface area (TPSA) is 151 Å². The lowest BCUT2D eigenvalue weighted by atomic mass is 9.84. The van der Waals surface area contributed by atoms with Crippen LogP contribution in [0.3, 0.4) is 0 Å². The molecule has 0 spiro atoms. The van der Waals surface area contributed by atoms with Gasteiger partial charge < -0.3 is 26.2 Å². The number of nitrogens with two attached hydrogens (primary N) is 1. The molecule has 0 saturated heterocycles. The second-order valence-electron chi connectivity index (χ2n) is 13.3. The van der Waals surface area contributed by atoms with Crippen LogP contribution in [-0.4, -0.2) is 68.2 Å². The number of ether oxygens (including phenoxy) is 1. The Labute approximate surface area is 293 Å². The third kappa shape index (κ3) is 10.5. The standard InChI is InChI=1S/C37H48F2N4O6S/c1-24(2)21-22-43(50(47,48)32-19-17-30(40)18-20-32)31(23-44)5-4-6-33(25-7-8-25)41-36(45)35(42-37(46)49-3)34(26-9-13-28(38)14-10-26)27-11-15-29(39)16-12-27/h9-20,24-25,31,33-35,44H,4-8,21-23,40H2,1-3H3,(H,41,45)(H,42,46)/t31-,33+,35-/m0/s1. The van der Waals surface area contributed by atoms with Gasteiger partial charge in [-0.1, -0.05) is 38.1 Å². The van der Waals surface area contributed by atoms with Gasteiger partial charge in [0.2, 0.25) is 15.9 Å². The van der Waals surface area contributed by atoms with E-state index < -0.39 is 51.7 Å². The number of carbonyl (C=O) groups excluding carboxylic acids is 2. The molecule has 50 heavy (non-hydrogen) atoms. The Hall–Kier alpha value is -4.07. The highest BCUT2D eigenvalue weighted by Gasteiger charge is 2.38. The number of methoxy groups -OCH3 is 1. The quantitative estimate of drug-likeness (QED) is 0.126. The molecule has 2 amide bonds. The highest BCUT2D eigenvalue weighted by molar-refractivity contribution is 7.89. The van der Waals surface area contributed by atoms with Gasteiger partial charge in [0, 0.05) is 30.2 Å². The number of nitrogen functional groups attached to an aromatic ring is 1. The van der Waals surface area contributed by atoms with Gasteiger partial charge in [-0.25, -0.2) is 22.0 Å². The Kier molecular flexibility index (Phi) is 13.7. The number of amides is 2. The number of carbonyl (C=O) groups is 2. The second-order valence-corrected chi connectivity index (χ2v) is 15.2. The van der Waals surface area contributed by atoms with Gasteiger partial charge in [-0.15, -0.1) is 0 Å². The Bertz CT molecular complexity index is 1610. The van der Waals surface area contributed by atoms with Crippen molar-refractivity contribution >= 4 is 27.7 Å². The zero-order chi connectivity index (χ0) is 36.4. The molecule has 0 unspecified atom stereocenters. The van der Waals surface area contributed by atoms with Crippen molar-refractivity contribution in [3.05, 3.63) is 95.6 Å². The predicted octanol–water partition coefficient (Wildman–Crippen LogP) is 5.57. The molecule has 1 saturated carbocycles. The number of anilines is 1. The number of sulfonamides is 1. The van der Waals surface area contributed by atoms with Crippen molar-refractivity contribution < 1.29 is 36.6 Å². The van der Waals surface area contributed by atoms with Gasteiger partial charge in [-0.05, 0) is 110 Å². The number of halogens is 2. The van der Waals surface area contributed by atoms with E-state index in [1.54, 1.807) is 0 Å². The third-order valence-corrected chi connectivity index (χ3v) is 11.1. The van der Waals surface area contributed by atoms with Crippen LogP contribution < -0.4 is 16.4 Å². The average Bonchev–Trinajstić information content (AvgIpc) is 3.94. The predicted molar refractivity (Wildman–Crippen MR) is 188 cm³/mol. The van der Waals surface area contributed by atoms with Crippen LogP contribution in [-0.2, 0) is 19.6 Å². The molecule has 13 heteroatoms. The summed E-state index contributed by atoms with van der Waals surface area (Å²) in [4.78, 5) is 26.8. The molecule has 0 aromatic heterocycles. The van der Waals surface area contributed by atoms with E-state index in [-0.39, 0.29) is 35.9 Å². The first-order valence-electron chi connectivity index (χ1n) is 17.0. The molecule has 272 valence electrons. The van der Waals surface area contributed by atoms with Gasteiger partial charge in [-0.3, -0.25) is 4.79 Å². The monoisotopic (exact) mass is 714 g/mol. The minimum Gasteiger partial charge on any atom is -0.453 e. The fourth-order valence-corrected chi connectivity index (χ4v) is 7.82. The van der Waals surface area contributed by atoms with Crippen molar-refractivity contribution in [3.8, 4) is 0 Å². The van der Waals surface area contributed by atoms with Crippen LogP contribution in [0.4, 0.5) is 19.3 Å². The molecule has 1 aliphatic rings. The summed E-state index contributed by atoms with van der Waals surface area (Å²) in [7, 11) is -2.76. The highest BCUT2D eigenvalue weighted by atomic mass is 32.2. The summed E-state index contributed by atoms with van der Waals surface area (Å²) in [5, 5.41) is 16.2. The van der Waals surface area contributed by atoms with Crippen LogP contribution in [0.25, 0.3) is 0 Å². The van der Waals surface area contributed by atoms with Crippen LogP contribution in [0.1, 0.15) is 69.4 Å². The van der Waals surface area contributed by atoms with E-state index in [9.17, 15) is 31.9 Å². The second kappa shape index (κ2) is 17.7. The summed E-state index contributed by atoms with van der Waals surface area (Å²) >= 11 is 0. The van der Waals surface area contributed by atoms with Crippen LogP contribution in [0, 0.1) is 23.5 Å². The summed E-state index contributed by atoms with van der Waals surface area (Å²) in [6, 6.07) is 14.8. The summed E-state index contributed by atoms with van der Waals surface area (Å²) < 4.78 is 61.6. The molecular weight excluding hydrogens is 666 g/mol. The maximum absolute atomic E-state index is 14.1. The Morgan fingerprint density at radius 3 is 1.94 bits per heavy atom. The molecule has 0 radical (unpaired) electrons. The number of hydrogen-bond acceptors (Lipinski definition) is 7. The Morgan fingerprint density at radius 2 is 1.46 bits per heavy atom. The lowest BCUT2D eigenvalue weighted by Gasteiger charge is -2.31. The number of alkyl carbamates (subject to hydrolysis) is 1. The zero-order valence-electron chi connectivity index (χ0n) is 28.7. The van der Waals surface area contributed by atoms with Gasteiger partial charge in [0.05, 0.1) is 18.6 Å². The molecule has 3 aromatic carbocycles. The number of aliphatic hydroxyl groups is 1. The average molecular weight is 715 g/mol. The number of nitrogens with one attached hydrogen (secondary N) is 2. The van der Waals surface area contributed by atoms with E-state index in [4.69, 9.17) is 10.5 Å². The fraction of sp³-hybridized carbons (Fsp3) is 0.459. The van der Waals surface area contributed by atoms with E-state index >= 15 is 0 Å². The van der Waals surface area contributed by atoms with Crippen molar-refractivity contribution in [2.45, 2.75) is 81.3 Å². The SMILES string of the molecule is COC(=O)N[C@H](C(=O)N[C@H](CCC[C@@H](CO)N(CCC(C)C)S(=O)(=O)c1ccc(N)cc1)C1CC1)C(c1ccc(F)cc1)c1ccc(F)cc1. The fourth-order valence-electron chi connectivity index (χ4n) is 6.16.